The number of aliphatic carboxylic acids is 2. The molecule has 0 bridgehead atoms. The van der Waals surface area contributed by atoms with Crippen molar-refractivity contribution in [3.63, 3.8) is 0 Å². The van der Waals surface area contributed by atoms with Crippen molar-refractivity contribution in [1.82, 2.24) is 0 Å². The Balaban J connectivity index is 0. The molecule has 0 heterocycles. The summed E-state index contributed by atoms with van der Waals surface area (Å²) in [6, 6.07) is 0. The van der Waals surface area contributed by atoms with Crippen molar-refractivity contribution in [2.45, 2.75) is 64.6 Å². The van der Waals surface area contributed by atoms with E-state index >= 15 is 0 Å². The molecule has 0 fully saturated rings. The van der Waals surface area contributed by atoms with Crippen LogP contribution in [-0.4, -0.2) is 38.7 Å². The van der Waals surface area contributed by atoms with Gasteiger partial charge in [-0.1, -0.05) is 32.6 Å². The lowest BCUT2D eigenvalue weighted by atomic mass is 10.1. The number of hydrogen-bond donors (Lipinski definition) is 4. The van der Waals surface area contributed by atoms with Crippen molar-refractivity contribution in [1.29, 1.82) is 0 Å². The van der Waals surface area contributed by atoms with Gasteiger partial charge in [-0.2, -0.15) is 0 Å². The lowest BCUT2D eigenvalue weighted by Gasteiger charge is -2.01. The number of carboxylic acids is 2. The summed E-state index contributed by atoms with van der Waals surface area (Å²) in [6.07, 6.45) is 4.64. The van der Waals surface area contributed by atoms with Crippen LogP contribution in [0.5, 0.6) is 0 Å². The van der Waals surface area contributed by atoms with Crippen molar-refractivity contribution in [2.75, 3.05) is 0 Å². The molecular weight excluding hydrogens is 240 g/mol. The summed E-state index contributed by atoms with van der Waals surface area (Å²) in [4.78, 5) is 19.3. The molecular formula is C12H24O6. The highest BCUT2D eigenvalue weighted by molar-refractivity contribution is 5.75. The van der Waals surface area contributed by atoms with Crippen LogP contribution in [-0.2, 0) is 9.59 Å². The maximum atomic E-state index is 9.64. The number of unbranched alkanes of at least 4 members (excludes halogenated alkanes) is 4. The summed E-state index contributed by atoms with van der Waals surface area (Å²) < 4.78 is 0. The molecule has 0 aromatic heterocycles. The molecule has 6 nitrogen and oxygen atoms in total. The summed E-state index contributed by atoms with van der Waals surface area (Å²) in [5, 5.41) is 32.7. The molecule has 6 heteroatoms. The molecule has 0 saturated carbocycles. The van der Waals surface area contributed by atoms with Crippen LogP contribution in [0.4, 0.5) is 0 Å². The molecule has 108 valence electrons. The van der Waals surface area contributed by atoms with Crippen LogP contribution in [0, 0.1) is 0 Å². The fourth-order valence-electron chi connectivity index (χ4n) is 1.14. The van der Waals surface area contributed by atoms with E-state index in [2.05, 4.69) is 6.92 Å². The predicted octanol–water partition coefficient (Wildman–Crippen LogP) is 1.59. The van der Waals surface area contributed by atoms with Crippen LogP contribution < -0.4 is 0 Å². The minimum absolute atomic E-state index is 0.296. The third kappa shape index (κ3) is 24.2. The SMILES string of the molecule is CCCCCCCC(O)O.O=C(O)CCC(=O)O. The second-order valence-corrected chi connectivity index (χ2v) is 3.97. The van der Waals surface area contributed by atoms with Crippen LogP contribution in [0.15, 0.2) is 0 Å². The fraction of sp³-hybridized carbons (Fsp3) is 0.833. The van der Waals surface area contributed by atoms with Crippen LogP contribution in [0.2, 0.25) is 0 Å². The number of rotatable bonds is 9. The van der Waals surface area contributed by atoms with E-state index < -0.39 is 18.2 Å². The van der Waals surface area contributed by atoms with Crippen LogP contribution in [0.25, 0.3) is 0 Å². The molecule has 0 saturated heterocycles. The van der Waals surface area contributed by atoms with E-state index in [-0.39, 0.29) is 12.8 Å². The summed E-state index contributed by atoms with van der Waals surface area (Å²) in [5.74, 6) is -2.15. The molecule has 0 aliphatic heterocycles. The third-order valence-electron chi connectivity index (χ3n) is 2.12. The zero-order chi connectivity index (χ0) is 14.4. The Kier molecular flexibility index (Phi) is 14.9. The highest BCUT2D eigenvalue weighted by Crippen LogP contribution is 2.05. The van der Waals surface area contributed by atoms with E-state index in [1.807, 2.05) is 0 Å². The Morgan fingerprint density at radius 3 is 1.67 bits per heavy atom. The average molecular weight is 264 g/mol. The standard InChI is InChI=1S/C8H18O2.C4H6O4/c1-2-3-4-5-6-7-8(9)10;5-3(6)1-2-4(7)8/h8-10H,2-7H2,1H3;1-2H2,(H,5,6)(H,7,8). The lowest BCUT2D eigenvalue weighted by Crippen LogP contribution is -2.02. The number of carbonyl (C=O) groups is 2. The van der Waals surface area contributed by atoms with E-state index in [1.54, 1.807) is 0 Å². The van der Waals surface area contributed by atoms with Crippen molar-refractivity contribution in [3.8, 4) is 0 Å². The molecule has 0 spiro atoms. The highest BCUT2D eigenvalue weighted by atomic mass is 16.5. The summed E-state index contributed by atoms with van der Waals surface area (Å²) in [7, 11) is 0. The quantitative estimate of drug-likeness (QED) is 0.371. The van der Waals surface area contributed by atoms with Gasteiger partial charge in [-0.3, -0.25) is 9.59 Å². The van der Waals surface area contributed by atoms with Gasteiger partial charge in [0.1, 0.15) is 0 Å². The first-order valence-electron chi connectivity index (χ1n) is 6.19. The average Bonchev–Trinajstić information content (AvgIpc) is 2.26. The first kappa shape index (κ1) is 19.2. The monoisotopic (exact) mass is 264 g/mol. The first-order chi connectivity index (χ1) is 8.40. The van der Waals surface area contributed by atoms with E-state index in [9.17, 15) is 9.59 Å². The Hall–Kier alpha value is -1.14. The number of hydrogen-bond acceptors (Lipinski definition) is 4. The van der Waals surface area contributed by atoms with Gasteiger partial charge in [0, 0.05) is 0 Å². The molecule has 0 aromatic rings. The minimum Gasteiger partial charge on any atom is -0.481 e. The van der Waals surface area contributed by atoms with Crippen molar-refractivity contribution >= 4 is 11.9 Å². The van der Waals surface area contributed by atoms with Crippen LogP contribution >= 0.6 is 0 Å². The summed E-state index contributed by atoms with van der Waals surface area (Å²) in [5.41, 5.74) is 0. The van der Waals surface area contributed by atoms with Crippen LogP contribution in [0.3, 0.4) is 0 Å². The van der Waals surface area contributed by atoms with Gasteiger partial charge in [-0.15, -0.1) is 0 Å². The topological polar surface area (TPSA) is 115 Å². The second-order valence-electron chi connectivity index (χ2n) is 3.97. The van der Waals surface area contributed by atoms with E-state index in [4.69, 9.17) is 20.4 Å². The summed E-state index contributed by atoms with van der Waals surface area (Å²) >= 11 is 0. The second kappa shape index (κ2) is 13.9. The van der Waals surface area contributed by atoms with E-state index in [0.717, 1.165) is 12.8 Å². The van der Waals surface area contributed by atoms with E-state index in [1.165, 1.54) is 19.3 Å². The van der Waals surface area contributed by atoms with E-state index in [0.29, 0.717) is 6.42 Å². The molecule has 4 N–H and O–H groups in total. The normalized spacial score (nSPS) is 9.78. The van der Waals surface area contributed by atoms with Crippen molar-refractivity contribution in [3.05, 3.63) is 0 Å². The zero-order valence-electron chi connectivity index (χ0n) is 10.8. The van der Waals surface area contributed by atoms with Crippen molar-refractivity contribution < 1.29 is 30.0 Å². The van der Waals surface area contributed by atoms with Gasteiger partial charge in [0.2, 0.25) is 0 Å². The van der Waals surface area contributed by atoms with Gasteiger partial charge in [0.15, 0.2) is 6.29 Å². The number of carboxylic acid groups (broad SMARTS) is 2. The molecule has 0 radical (unpaired) electrons. The minimum atomic E-state index is -1.10. The maximum absolute atomic E-state index is 9.64. The number of aliphatic hydroxyl groups excluding tert-OH is 1. The van der Waals surface area contributed by atoms with Gasteiger partial charge in [0.25, 0.3) is 0 Å². The lowest BCUT2D eigenvalue weighted by molar-refractivity contribution is -0.143. The van der Waals surface area contributed by atoms with Gasteiger partial charge >= 0.3 is 11.9 Å². The molecule has 0 aromatic carbocycles. The predicted molar refractivity (Wildman–Crippen MR) is 66.1 cm³/mol. The Labute approximate surface area is 107 Å². The molecule has 0 aliphatic rings. The molecule has 0 amide bonds. The maximum Gasteiger partial charge on any atom is 0.303 e. The van der Waals surface area contributed by atoms with Gasteiger partial charge < -0.3 is 20.4 Å². The molecule has 0 atom stereocenters. The first-order valence-corrected chi connectivity index (χ1v) is 6.19. The number of aliphatic hydroxyl groups is 2. The Morgan fingerprint density at radius 2 is 1.33 bits per heavy atom. The molecule has 0 rings (SSSR count). The van der Waals surface area contributed by atoms with Gasteiger partial charge in [-0.05, 0) is 12.8 Å². The smallest absolute Gasteiger partial charge is 0.303 e. The molecule has 18 heavy (non-hydrogen) atoms. The van der Waals surface area contributed by atoms with Crippen molar-refractivity contribution in [2.24, 2.45) is 0 Å². The largest absolute Gasteiger partial charge is 0.481 e. The molecule has 0 unspecified atom stereocenters. The van der Waals surface area contributed by atoms with Gasteiger partial charge in [0.05, 0.1) is 12.8 Å². The third-order valence-corrected chi connectivity index (χ3v) is 2.12. The summed E-state index contributed by atoms with van der Waals surface area (Å²) in [6.45, 7) is 2.17. The zero-order valence-corrected chi connectivity index (χ0v) is 10.8. The van der Waals surface area contributed by atoms with Gasteiger partial charge in [-0.25, -0.2) is 0 Å². The molecule has 0 aliphatic carbocycles. The highest BCUT2D eigenvalue weighted by Gasteiger charge is 2.00. The van der Waals surface area contributed by atoms with Crippen LogP contribution in [0.1, 0.15) is 58.3 Å². The Morgan fingerprint density at radius 1 is 0.889 bits per heavy atom. The fourth-order valence-corrected chi connectivity index (χ4v) is 1.14. The Bertz CT molecular complexity index is 201.